The third kappa shape index (κ3) is 2.26. The van der Waals surface area contributed by atoms with E-state index in [1.54, 1.807) is 16.3 Å². The lowest BCUT2D eigenvalue weighted by atomic mass is 9.91. The molecule has 2 unspecified atom stereocenters. The quantitative estimate of drug-likeness (QED) is 0.886. The SMILES string of the molecule is CC1CCCN(C(=O)c2sccc2C#N)C1CO. The number of hydrogen-bond acceptors (Lipinski definition) is 4. The number of rotatable bonds is 2. The Kier molecular flexibility index (Phi) is 4.00. The minimum Gasteiger partial charge on any atom is -0.394 e. The molecule has 96 valence electrons. The van der Waals surface area contributed by atoms with Crippen molar-refractivity contribution in [1.82, 2.24) is 4.90 Å². The zero-order chi connectivity index (χ0) is 13.1. The second-order valence-corrected chi connectivity index (χ2v) is 5.56. The lowest BCUT2D eigenvalue weighted by molar-refractivity contribution is 0.0362. The number of piperidine rings is 1. The summed E-state index contributed by atoms with van der Waals surface area (Å²) in [4.78, 5) is 14.6. The molecule has 1 saturated heterocycles. The van der Waals surface area contributed by atoms with Crippen LogP contribution in [0.1, 0.15) is 35.0 Å². The van der Waals surface area contributed by atoms with Gasteiger partial charge in [-0.3, -0.25) is 4.79 Å². The number of carbonyl (C=O) groups excluding carboxylic acids is 1. The van der Waals surface area contributed by atoms with Crippen LogP contribution in [0.2, 0.25) is 0 Å². The predicted octanol–water partition coefficient (Wildman–Crippen LogP) is 1.85. The lowest BCUT2D eigenvalue weighted by Gasteiger charge is -2.38. The smallest absolute Gasteiger partial charge is 0.265 e. The van der Waals surface area contributed by atoms with E-state index in [4.69, 9.17) is 5.26 Å². The average Bonchev–Trinajstić information content (AvgIpc) is 2.85. The first kappa shape index (κ1) is 13.1. The van der Waals surface area contributed by atoms with Crippen molar-refractivity contribution in [2.24, 2.45) is 5.92 Å². The van der Waals surface area contributed by atoms with Gasteiger partial charge in [0.05, 0.1) is 18.2 Å². The van der Waals surface area contributed by atoms with Crippen molar-refractivity contribution in [1.29, 1.82) is 5.26 Å². The third-order valence-electron chi connectivity index (χ3n) is 3.54. The van der Waals surface area contributed by atoms with Gasteiger partial charge in [-0.05, 0) is 30.2 Å². The third-order valence-corrected chi connectivity index (χ3v) is 4.45. The molecule has 2 heterocycles. The van der Waals surface area contributed by atoms with Crippen molar-refractivity contribution >= 4 is 17.2 Å². The van der Waals surface area contributed by atoms with Gasteiger partial charge < -0.3 is 10.0 Å². The molecule has 5 heteroatoms. The topological polar surface area (TPSA) is 64.3 Å². The number of carbonyl (C=O) groups is 1. The molecule has 1 fully saturated rings. The molecule has 0 bridgehead atoms. The zero-order valence-electron chi connectivity index (χ0n) is 10.3. The van der Waals surface area contributed by atoms with Gasteiger partial charge in [0.15, 0.2) is 0 Å². The maximum absolute atomic E-state index is 12.4. The number of hydrogen-bond donors (Lipinski definition) is 1. The van der Waals surface area contributed by atoms with E-state index in [1.165, 1.54) is 11.3 Å². The Bertz CT molecular complexity index is 478. The van der Waals surface area contributed by atoms with Crippen molar-refractivity contribution in [3.05, 3.63) is 21.9 Å². The number of likely N-dealkylation sites (tertiary alicyclic amines) is 1. The van der Waals surface area contributed by atoms with Gasteiger partial charge in [-0.25, -0.2) is 0 Å². The molecule has 0 aliphatic carbocycles. The molecule has 0 spiro atoms. The molecule has 1 aromatic heterocycles. The van der Waals surface area contributed by atoms with E-state index in [-0.39, 0.29) is 18.6 Å². The number of nitrogens with zero attached hydrogens (tertiary/aromatic N) is 2. The Balaban J connectivity index is 2.25. The first-order chi connectivity index (χ1) is 8.69. The molecule has 2 atom stereocenters. The highest BCUT2D eigenvalue weighted by molar-refractivity contribution is 7.12. The second kappa shape index (κ2) is 5.51. The van der Waals surface area contributed by atoms with Crippen molar-refractivity contribution in [3.63, 3.8) is 0 Å². The standard InChI is InChI=1S/C13H16N2O2S/c1-9-3-2-5-15(11(9)8-16)13(17)12-10(7-14)4-6-18-12/h4,6,9,11,16H,2-3,5,8H2,1H3. The van der Waals surface area contributed by atoms with Crippen molar-refractivity contribution in [2.75, 3.05) is 13.2 Å². The van der Waals surface area contributed by atoms with Gasteiger partial charge >= 0.3 is 0 Å². The van der Waals surface area contributed by atoms with Crippen LogP contribution >= 0.6 is 11.3 Å². The highest BCUT2D eigenvalue weighted by Crippen LogP contribution is 2.27. The van der Waals surface area contributed by atoms with Crippen LogP contribution in [0, 0.1) is 17.2 Å². The molecule has 1 amide bonds. The molecule has 1 aromatic rings. The molecule has 4 nitrogen and oxygen atoms in total. The molecule has 18 heavy (non-hydrogen) atoms. The van der Waals surface area contributed by atoms with E-state index in [1.807, 2.05) is 6.07 Å². The molecule has 0 aromatic carbocycles. The highest BCUT2D eigenvalue weighted by atomic mass is 32.1. The second-order valence-electron chi connectivity index (χ2n) is 4.64. The summed E-state index contributed by atoms with van der Waals surface area (Å²) in [6.45, 7) is 2.71. The highest BCUT2D eigenvalue weighted by Gasteiger charge is 2.33. The molecule has 0 radical (unpaired) electrons. The van der Waals surface area contributed by atoms with Gasteiger partial charge in [0.2, 0.25) is 0 Å². The Morgan fingerprint density at radius 3 is 3.17 bits per heavy atom. The Hall–Kier alpha value is -1.38. The van der Waals surface area contributed by atoms with E-state index in [0.717, 1.165) is 12.8 Å². The summed E-state index contributed by atoms with van der Waals surface area (Å²) in [6, 6.07) is 3.58. The molecule has 1 aliphatic rings. The van der Waals surface area contributed by atoms with E-state index in [2.05, 4.69) is 6.92 Å². The summed E-state index contributed by atoms with van der Waals surface area (Å²) in [5.74, 6) is 0.186. The Morgan fingerprint density at radius 1 is 1.72 bits per heavy atom. The van der Waals surface area contributed by atoms with E-state index < -0.39 is 0 Å². The van der Waals surface area contributed by atoms with Gasteiger partial charge in [-0.1, -0.05) is 6.92 Å². The average molecular weight is 264 g/mol. The fraction of sp³-hybridized carbons (Fsp3) is 0.538. The van der Waals surface area contributed by atoms with Crippen LogP contribution in [-0.4, -0.2) is 35.1 Å². The van der Waals surface area contributed by atoms with Crippen LogP contribution in [0.25, 0.3) is 0 Å². The van der Waals surface area contributed by atoms with Gasteiger partial charge in [-0.2, -0.15) is 5.26 Å². The fourth-order valence-corrected chi connectivity index (χ4v) is 3.27. The normalized spacial score (nSPS) is 23.7. The van der Waals surface area contributed by atoms with E-state index >= 15 is 0 Å². The fourth-order valence-electron chi connectivity index (χ4n) is 2.47. The number of aliphatic hydroxyl groups excluding tert-OH is 1. The van der Waals surface area contributed by atoms with Crippen molar-refractivity contribution in [2.45, 2.75) is 25.8 Å². The summed E-state index contributed by atoms with van der Waals surface area (Å²) < 4.78 is 0. The Morgan fingerprint density at radius 2 is 2.50 bits per heavy atom. The molecular weight excluding hydrogens is 248 g/mol. The molecule has 1 aliphatic heterocycles. The van der Waals surface area contributed by atoms with Crippen molar-refractivity contribution < 1.29 is 9.90 Å². The van der Waals surface area contributed by atoms with Crippen LogP contribution < -0.4 is 0 Å². The van der Waals surface area contributed by atoms with Crippen molar-refractivity contribution in [3.8, 4) is 6.07 Å². The molecular formula is C13H16N2O2S. The lowest BCUT2D eigenvalue weighted by Crippen LogP contribution is -2.49. The largest absolute Gasteiger partial charge is 0.394 e. The number of nitriles is 1. The minimum atomic E-state index is -0.125. The van der Waals surface area contributed by atoms with Crippen LogP contribution in [0.3, 0.4) is 0 Å². The zero-order valence-corrected chi connectivity index (χ0v) is 11.1. The first-order valence-corrected chi connectivity index (χ1v) is 6.96. The monoisotopic (exact) mass is 264 g/mol. The van der Waals surface area contributed by atoms with E-state index in [0.29, 0.717) is 22.9 Å². The number of amides is 1. The summed E-state index contributed by atoms with van der Waals surface area (Å²) in [5.41, 5.74) is 0.430. The molecule has 2 rings (SSSR count). The molecule has 0 saturated carbocycles. The summed E-state index contributed by atoms with van der Waals surface area (Å²) >= 11 is 1.29. The first-order valence-electron chi connectivity index (χ1n) is 6.08. The summed E-state index contributed by atoms with van der Waals surface area (Å²) in [7, 11) is 0. The van der Waals surface area contributed by atoms with Crippen LogP contribution in [0.15, 0.2) is 11.4 Å². The summed E-state index contributed by atoms with van der Waals surface area (Å²) in [6.07, 6.45) is 1.99. The maximum atomic E-state index is 12.4. The summed E-state index contributed by atoms with van der Waals surface area (Å²) in [5, 5.41) is 20.2. The maximum Gasteiger partial charge on any atom is 0.265 e. The van der Waals surface area contributed by atoms with Gasteiger partial charge in [0, 0.05) is 6.54 Å². The van der Waals surface area contributed by atoms with Gasteiger partial charge in [0.1, 0.15) is 10.9 Å². The van der Waals surface area contributed by atoms with Crippen LogP contribution in [0.4, 0.5) is 0 Å². The predicted molar refractivity (Wildman–Crippen MR) is 69.3 cm³/mol. The number of thiophene rings is 1. The Labute approximate surface area is 110 Å². The van der Waals surface area contributed by atoms with Gasteiger partial charge in [0.25, 0.3) is 5.91 Å². The minimum absolute atomic E-state index is 0.0137. The molecule has 1 N–H and O–H groups in total. The van der Waals surface area contributed by atoms with Gasteiger partial charge in [-0.15, -0.1) is 11.3 Å². The number of aliphatic hydroxyl groups is 1. The van der Waals surface area contributed by atoms with Crippen LogP contribution in [0.5, 0.6) is 0 Å². The van der Waals surface area contributed by atoms with Crippen LogP contribution in [-0.2, 0) is 0 Å². The van der Waals surface area contributed by atoms with E-state index in [9.17, 15) is 9.90 Å².